The predicted molar refractivity (Wildman–Crippen MR) is 121 cm³/mol. The standard InChI is InChI=1S/C22H29ClNO6P/c1-15(13-25)24(29-14-22(3,4)5)31(23,27)30-20-10-9-18-11-17(7-8-19(18)12-20)16(2)21(26)28-6/h7-13,15-16H,14H2,1-6H3/t15-,16-,31?/m0/s1. The Morgan fingerprint density at radius 3 is 2.35 bits per heavy atom. The summed E-state index contributed by atoms with van der Waals surface area (Å²) in [6, 6.07) is 9.75. The van der Waals surface area contributed by atoms with Crippen molar-refractivity contribution in [3.05, 3.63) is 42.0 Å². The van der Waals surface area contributed by atoms with Crippen molar-refractivity contribution in [2.24, 2.45) is 5.41 Å². The van der Waals surface area contributed by atoms with E-state index in [1.807, 2.05) is 39.0 Å². The number of rotatable bonds is 9. The van der Waals surface area contributed by atoms with Crippen LogP contribution in [0.5, 0.6) is 5.75 Å². The van der Waals surface area contributed by atoms with Crippen LogP contribution in [0.15, 0.2) is 36.4 Å². The maximum absolute atomic E-state index is 13.1. The fourth-order valence-electron chi connectivity index (χ4n) is 2.77. The Bertz CT molecular complexity index is 990. The number of aldehydes is 1. The summed E-state index contributed by atoms with van der Waals surface area (Å²) in [7, 11) is 1.36. The minimum absolute atomic E-state index is 0.199. The molecular weight excluding hydrogens is 441 g/mol. The van der Waals surface area contributed by atoms with Gasteiger partial charge in [-0.15, -0.1) is 0 Å². The highest BCUT2D eigenvalue weighted by Gasteiger charge is 2.37. The van der Waals surface area contributed by atoms with Crippen molar-refractivity contribution in [2.45, 2.75) is 46.6 Å². The van der Waals surface area contributed by atoms with Crippen LogP contribution in [0.25, 0.3) is 10.8 Å². The first kappa shape index (κ1) is 25.3. The molecule has 0 heterocycles. The largest absolute Gasteiger partial charge is 0.469 e. The summed E-state index contributed by atoms with van der Waals surface area (Å²) in [6.07, 6.45) is 0.589. The summed E-state index contributed by atoms with van der Waals surface area (Å²) in [4.78, 5) is 29.6. The van der Waals surface area contributed by atoms with Gasteiger partial charge in [-0.05, 0) is 47.7 Å². The average molecular weight is 470 g/mol. The van der Waals surface area contributed by atoms with Crippen molar-refractivity contribution in [2.75, 3.05) is 13.7 Å². The van der Waals surface area contributed by atoms with E-state index in [1.165, 1.54) is 14.0 Å². The van der Waals surface area contributed by atoms with E-state index in [-0.39, 0.29) is 23.7 Å². The second-order valence-corrected chi connectivity index (χ2v) is 11.3. The quantitative estimate of drug-likeness (QED) is 0.201. The molecule has 0 aliphatic carbocycles. The number of halogens is 1. The zero-order chi connectivity index (χ0) is 23.4. The van der Waals surface area contributed by atoms with E-state index in [4.69, 9.17) is 25.3 Å². The molecule has 0 fully saturated rings. The summed E-state index contributed by atoms with van der Waals surface area (Å²) in [5, 5.41) is 1.67. The first-order valence-corrected chi connectivity index (χ1v) is 12.3. The van der Waals surface area contributed by atoms with Crippen LogP contribution in [0, 0.1) is 5.41 Å². The summed E-state index contributed by atoms with van der Waals surface area (Å²) < 4.78 is 23.5. The molecule has 0 aromatic heterocycles. The second-order valence-electron chi connectivity index (χ2n) is 8.57. The number of hydroxylamine groups is 1. The SMILES string of the molecule is COC(=O)[C@@H](C)c1ccc2cc(OP(=O)(Cl)N(OCC(C)(C)C)[C@@H](C)C=O)ccc2c1. The first-order valence-electron chi connectivity index (χ1n) is 9.86. The molecule has 31 heavy (non-hydrogen) atoms. The molecule has 2 aromatic carbocycles. The molecule has 0 amide bonds. The number of hydrogen-bond acceptors (Lipinski definition) is 6. The Kier molecular flexibility index (Phi) is 8.28. The molecule has 0 aliphatic heterocycles. The Morgan fingerprint density at radius 2 is 1.77 bits per heavy atom. The molecular formula is C22H29ClNO6P. The maximum atomic E-state index is 13.1. The highest BCUT2D eigenvalue weighted by atomic mass is 35.7. The number of carbonyl (C=O) groups excluding carboxylic acids is 2. The third-order valence-corrected chi connectivity index (χ3v) is 6.56. The number of benzene rings is 2. The van der Waals surface area contributed by atoms with Crippen LogP contribution in [0.2, 0.25) is 0 Å². The lowest BCUT2D eigenvalue weighted by Crippen LogP contribution is -2.34. The van der Waals surface area contributed by atoms with Crippen molar-refractivity contribution >= 4 is 41.1 Å². The Hall–Kier alpha value is -1.92. The van der Waals surface area contributed by atoms with Gasteiger partial charge < -0.3 is 14.1 Å². The molecule has 0 saturated heterocycles. The Labute approximate surface area is 187 Å². The average Bonchev–Trinajstić information content (AvgIpc) is 2.70. The Balaban J connectivity index is 2.28. The number of carbonyl (C=O) groups is 2. The summed E-state index contributed by atoms with van der Waals surface area (Å²) in [5.74, 6) is -0.448. The van der Waals surface area contributed by atoms with E-state index in [1.54, 1.807) is 25.1 Å². The van der Waals surface area contributed by atoms with E-state index in [2.05, 4.69) is 0 Å². The molecule has 0 radical (unpaired) electrons. The fourth-order valence-corrected chi connectivity index (χ4v) is 4.69. The second kappa shape index (κ2) is 10.1. The maximum Gasteiger partial charge on any atom is 0.435 e. The normalized spacial score (nSPS) is 15.9. The molecule has 0 spiro atoms. The first-order chi connectivity index (χ1) is 14.4. The minimum atomic E-state index is -4.01. The Morgan fingerprint density at radius 1 is 1.16 bits per heavy atom. The minimum Gasteiger partial charge on any atom is -0.469 e. The van der Waals surface area contributed by atoms with Gasteiger partial charge in [0.05, 0.1) is 25.7 Å². The molecule has 2 aromatic rings. The molecule has 170 valence electrons. The molecule has 2 rings (SSSR count). The number of nitrogens with zero attached hydrogens (tertiary/aromatic N) is 1. The van der Waals surface area contributed by atoms with E-state index in [0.717, 1.165) is 21.2 Å². The zero-order valence-corrected chi connectivity index (χ0v) is 20.3. The van der Waals surface area contributed by atoms with Gasteiger partial charge in [0.25, 0.3) is 0 Å². The molecule has 0 saturated carbocycles. The molecule has 9 heteroatoms. The third-order valence-electron chi connectivity index (χ3n) is 4.52. The van der Waals surface area contributed by atoms with Crippen molar-refractivity contribution in [1.82, 2.24) is 4.83 Å². The molecule has 7 nitrogen and oxygen atoms in total. The van der Waals surface area contributed by atoms with Gasteiger partial charge >= 0.3 is 12.8 Å². The van der Waals surface area contributed by atoms with E-state index in [0.29, 0.717) is 6.29 Å². The molecule has 0 aliphatic rings. The molecule has 0 N–H and O–H groups in total. The van der Waals surface area contributed by atoms with Gasteiger partial charge in [-0.3, -0.25) is 9.63 Å². The van der Waals surface area contributed by atoms with E-state index < -0.39 is 18.8 Å². The molecule has 0 bridgehead atoms. The lowest BCUT2D eigenvalue weighted by molar-refractivity contribution is -0.147. The van der Waals surface area contributed by atoms with Crippen LogP contribution in [-0.4, -0.2) is 36.8 Å². The van der Waals surface area contributed by atoms with Crippen LogP contribution in [0.1, 0.15) is 46.1 Å². The van der Waals surface area contributed by atoms with Gasteiger partial charge in [0.2, 0.25) is 0 Å². The van der Waals surface area contributed by atoms with Gasteiger partial charge in [0.1, 0.15) is 12.0 Å². The van der Waals surface area contributed by atoms with Crippen LogP contribution < -0.4 is 4.52 Å². The smallest absolute Gasteiger partial charge is 0.435 e. The van der Waals surface area contributed by atoms with Crippen LogP contribution in [-0.2, 0) is 23.7 Å². The molecule has 3 atom stereocenters. The molecule has 1 unspecified atom stereocenters. The summed E-state index contributed by atoms with van der Waals surface area (Å²) in [5.41, 5.74) is 0.581. The fraction of sp³-hybridized carbons (Fsp3) is 0.455. The van der Waals surface area contributed by atoms with Crippen LogP contribution in [0.4, 0.5) is 0 Å². The number of esters is 1. The number of methoxy groups -OCH3 is 1. The van der Waals surface area contributed by atoms with E-state index in [9.17, 15) is 14.2 Å². The topological polar surface area (TPSA) is 82.1 Å². The summed E-state index contributed by atoms with van der Waals surface area (Å²) >= 11 is 6.23. The highest BCUT2D eigenvalue weighted by molar-refractivity contribution is 7.83. The predicted octanol–water partition coefficient (Wildman–Crippen LogP) is 5.71. The zero-order valence-electron chi connectivity index (χ0n) is 18.6. The van der Waals surface area contributed by atoms with Gasteiger partial charge in [0.15, 0.2) is 0 Å². The van der Waals surface area contributed by atoms with Crippen LogP contribution in [0.3, 0.4) is 0 Å². The van der Waals surface area contributed by atoms with Crippen molar-refractivity contribution in [3.8, 4) is 5.75 Å². The monoisotopic (exact) mass is 469 g/mol. The van der Waals surface area contributed by atoms with Gasteiger partial charge in [-0.1, -0.05) is 49.9 Å². The van der Waals surface area contributed by atoms with Crippen molar-refractivity contribution < 1.29 is 28.3 Å². The van der Waals surface area contributed by atoms with Crippen molar-refractivity contribution in [1.29, 1.82) is 0 Å². The van der Waals surface area contributed by atoms with Crippen LogP contribution >= 0.6 is 18.1 Å². The number of hydrogen-bond donors (Lipinski definition) is 0. The van der Waals surface area contributed by atoms with Gasteiger partial charge in [0, 0.05) is 11.2 Å². The number of ether oxygens (including phenoxy) is 1. The summed E-state index contributed by atoms with van der Waals surface area (Å²) in [6.45, 7) is 5.30. The highest BCUT2D eigenvalue weighted by Crippen LogP contribution is 2.57. The van der Waals surface area contributed by atoms with Crippen molar-refractivity contribution in [3.63, 3.8) is 0 Å². The number of fused-ring (bicyclic) bond motifs is 1. The third kappa shape index (κ3) is 6.78. The lowest BCUT2D eigenvalue weighted by atomic mass is 9.98. The van der Waals surface area contributed by atoms with Gasteiger partial charge in [-0.25, -0.2) is 4.57 Å². The van der Waals surface area contributed by atoms with E-state index >= 15 is 0 Å². The van der Waals surface area contributed by atoms with Gasteiger partial charge in [-0.2, -0.15) is 0 Å². The lowest BCUT2D eigenvalue weighted by Gasteiger charge is -2.30.